The standard InChI is InChI=1S/C16H17ClN2O/c1-10-3-5-12(6-4-10)11(2)19-16(20)13-7-8-15(18)14(17)9-13/h3-9,11H,18H2,1-2H3,(H,19,20)/t11-/m1/s1. The van der Waals surface area contributed by atoms with Crippen molar-refractivity contribution in [2.24, 2.45) is 0 Å². The molecule has 0 fully saturated rings. The van der Waals surface area contributed by atoms with Gasteiger partial charge in [0, 0.05) is 5.56 Å². The molecule has 2 rings (SSSR count). The van der Waals surface area contributed by atoms with E-state index in [0.29, 0.717) is 16.3 Å². The summed E-state index contributed by atoms with van der Waals surface area (Å²) in [5, 5.41) is 3.33. The van der Waals surface area contributed by atoms with Crippen LogP contribution in [0.2, 0.25) is 5.02 Å². The van der Waals surface area contributed by atoms with Gasteiger partial charge in [0.05, 0.1) is 16.8 Å². The lowest BCUT2D eigenvalue weighted by Gasteiger charge is -2.15. The van der Waals surface area contributed by atoms with E-state index >= 15 is 0 Å². The quantitative estimate of drug-likeness (QED) is 0.846. The SMILES string of the molecule is Cc1ccc([C@@H](C)NC(=O)c2ccc(N)c(Cl)c2)cc1. The summed E-state index contributed by atoms with van der Waals surface area (Å²) in [7, 11) is 0. The zero-order chi connectivity index (χ0) is 14.7. The number of anilines is 1. The molecule has 0 saturated heterocycles. The van der Waals surface area contributed by atoms with Crippen LogP contribution in [0.5, 0.6) is 0 Å². The normalized spacial score (nSPS) is 11.9. The molecule has 3 N–H and O–H groups in total. The van der Waals surface area contributed by atoms with Crippen molar-refractivity contribution in [2.45, 2.75) is 19.9 Å². The minimum Gasteiger partial charge on any atom is -0.398 e. The smallest absolute Gasteiger partial charge is 0.251 e. The molecule has 1 atom stereocenters. The van der Waals surface area contributed by atoms with Gasteiger partial charge in [-0.25, -0.2) is 0 Å². The van der Waals surface area contributed by atoms with E-state index in [-0.39, 0.29) is 11.9 Å². The zero-order valence-corrected chi connectivity index (χ0v) is 12.2. The fourth-order valence-electron chi connectivity index (χ4n) is 1.89. The van der Waals surface area contributed by atoms with E-state index in [4.69, 9.17) is 17.3 Å². The van der Waals surface area contributed by atoms with Crippen molar-refractivity contribution in [2.75, 3.05) is 5.73 Å². The van der Waals surface area contributed by atoms with Gasteiger partial charge in [0.2, 0.25) is 0 Å². The molecule has 0 aromatic heterocycles. The molecule has 0 aliphatic rings. The topological polar surface area (TPSA) is 55.1 Å². The summed E-state index contributed by atoms with van der Waals surface area (Å²) in [6.07, 6.45) is 0. The maximum atomic E-state index is 12.1. The van der Waals surface area contributed by atoms with Gasteiger partial charge < -0.3 is 11.1 Å². The van der Waals surface area contributed by atoms with Crippen LogP contribution in [-0.2, 0) is 0 Å². The lowest BCUT2D eigenvalue weighted by molar-refractivity contribution is 0.0940. The Morgan fingerprint density at radius 3 is 2.45 bits per heavy atom. The lowest BCUT2D eigenvalue weighted by atomic mass is 10.1. The molecule has 2 aromatic rings. The molecule has 104 valence electrons. The second kappa shape index (κ2) is 5.97. The Kier molecular flexibility index (Phi) is 4.30. The van der Waals surface area contributed by atoms with Gasteiger partial charge in [-0.3, -0.25) is 4.79 Å². The maximum absolute atomic E-state index is 12.1. The van der Waals surface area contributed by atoms with Crippen LogP contribution in [-0.4, -0.2) is 5.91 Å². The summed E-state index contributed by atoms with van der Waals surface area (Å²) in [4.78, 5) is 12.1. The van der Waals surface area contributed by atoms with Crippen LogP contribution in [0.1, 0.15) is 34.5 Å². The first kappa shape index (κ1) is 14.4. The number of hydrogen-bond acceptors (Lipinski definition) is 2. The fraction of sp³-hybridized carbons (Fsp3) is 0.188. The third kappa shape index (κ3) is 3.31. The van der Waals surface area contributed by atoms with E-state index in [9.17, 15) is 4.79 Å². The Morgan fingerprint density at radius 1 is 1.20 bits per heavy atom. The number of hydrogen-bond donors (Lipinski definition) is 2. The highest BCUT2D eigenvalue weighted by Crippen LogP contribution is 2.20. The molecule has 20 heavy (non-hydrogen) atoms. The van der Waals surface area contributed by atoms with Gasteiger partial charge in [0.1, 0.15) is 0 Å². The molecule has 0 heterocycles. The molecule has 4 heteroatoms. The molecule has 0 saturated carbocycles. The zero-order valence-electron chi connectivity index (χ0n) is 11.5. The van der Waals surface area contributed by atoms with E-state index in [1.807, 2.05) is 38.1 Å². The predicted octanol–water partition coefficient (Wildman–Crippen LogP) is 3.72. The number of nitrogen functional groups attached to an aromatic ring is 1. The lowest BCUT2D eigenvalue weighted by Crippen LogP contribution is -2.26. The third-order valence-corrected chi connectivity index (χ3v) is 3.51. The van der Waals surface area contributed by atoms with Crippen LogP contribution in [0.25, 0.3) is 0 Å². The highest BCUT2D eigenvalue weighted by molar-refractivity contribution is 6.33. The number of carbonyl (C=O) groups is 1. The van der Waals surface area contributed by atoms with Crippen molar-refractivity contribution in [1.29, 1.82) is 0 Å². The Bertz CT molecular complexity index is 623. The first-order valence-electron chi connectivity index (χ1n) is 6.40. The van der Waals surface area contributed by atoms with Gasteiger partial charge in [-0.05, 0) is 37.6 Å². The molecule has 0 spiro atoms. The molecule has 0 radical (unpaired) electrons. The first-order valence-corrected chi connectivity index (χ1v) is 6.77. The van der Waals surface area contributed by atoms with Crippen molar-refractivity contribution in [1.82, 2.24) is 5.32 Å². The van der Waals surface area contributed by atoms with Crippen molar-refractivity contribution in [3.63, 3.8) is 0 Å². The summed E-state index contributed by atoms with van der Waals surface area (Å²) >= 11 is 5.92. The van der Waals surface area contributed by atoms with Crippen LogP contribution in [0.15, 0.2) is 42.5 Å². The third-order valence-electron chi connectivity index (χ3n) is 3.19. The number of carbonyl (C=O) groups excluding carboxylic acids is 1. The molecule has 0 aliphatic carbocycles. The molecule has 0 bridgehead atoms. The molecule has 1 amide bonds. The number of amides is 1. The Balaban J connectivity index is 2.10. The molecule has 0 unspecified atom stereocenters. The largest absolute Gasteiger partial charge is 0.398 e. The van der Waals surface area contributed by atoms with Crippen LogP contribution in [0.4, 0.5) is 5.69 Å². The average Bonchev–Trinajstić information content (AvgIpc) is 2.42. The van der Waals surface area contributed by atoms with Gasteiger partial charge in [0.25, 0.3) is 5.91 Å². The van der Waals surface area contributed by atoms with Crippen LogP contribution in [0.3, 0.4) is 0 Å². The van der Waals surface area contributed by atoms with E-state index in [0.717, 1.165) is 5.56 Å². The van der Waals surface area contributed by atoms with Crippen LogP contribution < -0.4 is 11.1 Å². The first-order chi connectivity index (χ1) is 9.47. The molecule has 3 nitrogen and oxygen atoms in total. The Morgan fingerprint density at radius 2 is 1.85 bits per heavy atom. The molecule has 2 aromatic carbocycles. The second-order valence-electron chi connectivity index (χ2n) is 4.84. The van der Waals surface area contributed by atoms with Crippen molar-refractivity contribution in [3.05, 3.63) is 64.2 Å². The summed E-state index contributed by atoms with van der Waals surface area (Å²) in [5.74, 6) is -0.167. The summed E-state index contributed by atoms with van der Waals surface area (Å²) < 4.78 is 0. The number of benzene rings is 2. The Labute approximate surface area is 123 Å². The fourth-order valence-corrected chi connectivity index (χ4v) is 2.07. The van der Waals surface area contributed by atoms with Gasteiger partial charge in [-0.15, -0.1) is 0 Å². The predicted molar refractivity (Wildman–Crippen MR) is 82.9 cm³/mol. The van der Waals surface area contributed by atoms with Crippen LogP contribution >= 0.6 is 11.6 Å². The molecule has 0 aliphatic heterocycles. The van der Waals surface area contributed by atoms with Gasteiger partial charge in [-0.1, -0.05) is 41.4 Å². The minimum absolute atomic E-state index is 0.0700. The van der Waals surface area contributed by atoms with E-state index in [1.165, 1.54) is 5.56 Å². The Hall–Kier alpha value is -2.00. The van der Waals surface area contributed by atoms with Crippen LogP contribution in [0, 0.1) is 6.92 Å². The number of halogens is 1. The second-order valence-corrected chi connectivity index (χ2v) is 5.25. The van der Waals surface area contributed by atoms with Gasteiger partial charge in [0.15, 0.2) is 0 Å². The van der Waals surface area contributed by atoms with Crippen molar-refractivity contribution in [3.8, 4) is 0 Å². The van der Waals surface area contributed by atoms with Crippen molar-refractivity contribution >= 4 is 23.2 Å². The van der Waals surface area contributed by atoms with E-state index < -0.39 is 0 Å². The highest BCUT2D eigenvalue weighted by atomic mass is 35.5. The maximum Gasteiger partial charge on any atom is 0.251 e. The number of rotatable bonds is 3. The number of nitrogens with two attached hydrogens (primary N) is 1. The van der Waals surface area contributed by atoms with Gasteiger partial charge >= 0.3 is 0 Å². The van der Waals surface area contributed by atoms with E-state index in [1.54, 1.807) is 18.2 Å². The summed E-state index contributed by atoms with van der Waals surface area (Å²) in [6, 6.07) is 12.9. The molecular weight excluding hydrogens is 272 g/mol. The number of nitrogens with one attached hydrogen (secondary N) is 1. The highest BCUT2D eigenvalue weighted by Gasteiger charge is 2.12. The monoisotopic (exact) mass is 288 g/mol. The van der Waals surface area contributed by atoms with Crippen molar-refractivity contribution < 1.29 is 4.79 Å². The molecular formula is C16H17ClN2O. The summed E-state index contributed by atoms with van der Waals surface area (Å²) in [5.41, 5.74) is 8.85. The average molecular weight is 289 g/mol. The van der Waals surface area contributed by atoms with E-state index in [2.05, 4.69) is 5.32 Å². The number of aryl methyl sites for hydroxylation is 1. The van der Waals surface area contributed by atoms with Gasteiger partial charge in [-0.2, -0.15) is 0 Å². The minimum atomic E-state index is -0.167. The summed E-state index contributed by atoms with van der Waals surface area (Å²) in [6.45, 7) is 3.98.